The van der Waals surface area contributed by atoms with Crippen molar-refractivity contribution in [3.05, 3.63) is 71.8 Å². The number of likely N-dealkylation sites (tertiary alicyclic amines) is 1. The van der Waals surface area contributed by atoms with Crippen LogP contribution in [0.25, 0.3) is 0 Å². The van der Waals surface area contributed by atoms with Gasteiger partial charge in [-0.05, 0) is 24.0 Å². The summed E-state index contributed by atoms with van der Waals surface area (Å²) in [6.07, 6.45) is 5.32. The number of aliphatic hydroxyl groups is 1. The Balaban J connectivity index is 1.53. The number of aliphatic hydroxyl groups excluding tert-OH is 1. The van der Waals surface area contributed by atoms with Crippen LogP contribution in [0.1, 0.15) is 56.1 Å². The molecule has 0 spiro atoms. The van der Waals surface area contributed by atoms with Crippen LogP contribution in [0.4, 0.5) is 4.79 Å². The predicted octanol–water partition coefficient (Wildman–Crippen LogP) is 3.34. The zero-order chi connectivity index (χ0) is 27.0. The fourth-order valence-corrected chi connectivity index (χ4v) is 5.78. The van der Waals surface area contributed by atoms with Gasteiger partial charge in [-0.1, -0.05) is 79.9 Å². The molecule has 1 heterocycles. The van der Waals surface area contributed by atoms with Gasteiger partial charge in [-0.2, -0.15) is 0 Å². The number of nitrogens with zero attached hydrogens (tertiary/aromatic N) is 2. The van der Waals surface area contributed by atoms with E-state index in [2.05, 4.69) is 10.6 Å². The van der Waals surface area contributed by atoms with Crippen molar-refractivity contribution in [2.45, 2.75) is 76.2 Å². The van der Waals surface area contributed by atoms with Gasteiger partial charge in [0.25, 0.3) is 6.23 Å². The fourth-order valence-electron chi connectivity index (χ4n) is 5.78. The number of urea groups is 1. The Morgan fingerprint density at radius 1 is 0.895 bits per heavy atom. The molecule has 1 saturated carbocycles. The van der Waals surface area contributed by atoms with Crippen molar-refractivity contribution in [2.24, 2.45) is 0 Å². The molecule has 2 atom stereocenters. The quantitative estimate of drug-likeness (QED) is 0.441. The van der Waals surface area contributed by atoms with E-state index in [1.807, 2.05) is 60.7 Å². The summed E-state index contributed by atoms with van der Waals surface area (Å²) in [5.41, 5.74) is 1.88. The predicted molar refractivity (Wildman–Crippen MR) is 146 cm³/mol. The zero-order valence-corrected chi connectivity index (χ0v) is 22.4. The van der Waals surface area contributed by atoms with Crippen LogP contribution in [0, 0.1) is 0 Å². The van der Waals surface area contributed by atoms with Crippen molar-refractivity contribution in [1.82, 2.24) is 15.5 Å². The van der Waals surface area contributed by atoms with E-state index in [0.29, 0.717) is 19.6 Å². The summed E-state index contributed by atoms with van der Waals surface area (Å²) in [6, 6.07) is 18.0. The standard InChI is InChI=1S/C30H40N4O4/c1-33(22-24-15-7-3-8-16-24)30(38)32-26(21-23-13-5-2-6-14-23)28(36)34(19-11-12-20-34)29(37)27(35)31-25-17-9-4-10-18-25/h2-3,5-8,13-16,25-26,29,37H,4,9-12,17-22H2,1H3,(H-,31,32,35,38)/p+1. The highest BCUT2D eigenvalue weighted by atomic mass is 16.3. The Morgan fingerprint density at radius 3 is 2.08 bits per heavy atom. The molecule has 2 aromatic rings. The van der Waals surface area contributed by atoms with Crippen LogP contribution in [-0.2, 0) is 22.6 Å². The lowest BCUT2D eigenvalue weighted by Crippen LogP contribution is -2.68. The molecule has 2 unspecified atom stereocenters. The largest absolute Gasteiger partial charge is 0.346 e. The van der Waals surface area contributed by atoms with Crippen LogP contribution in [0.3, 0.4) is 0 Å². The van der Waals surface area contributed by atoms with Crippen molar-refractivity contribution in [2.75, 3.05) is 20.1 Å². The van der Waals surface area contributed by atoms with Gasteiger partial charge in [0.05, 0.1) is 13.1 Å². The number of amides is 4. The van der Waals surface area contributed by atoms with Crippen LogP contribution in [-0.4, -0.2) is 70.8 Å². The summed E-state index contributed by atoms with van der Waals surface area (Å²) in [4.78, 5) is 42.2. The number of nitrogens with one attached hydrogen (secondary N) is 2. The monoisotopic (exact) mass is 521 g/mol. The summed E-state index contributed by atoms with van der Waals surface area (Å²) in [7, 11) is 1.69. The number of carbonyl (C=O) groups excluding carboxylic acids is 3. The number of benzene rings is 2. The Kier molecular flexibility index (Phi) is 9.53. The van der Waals surface area contributed by atoms with Crippen molar-refractivity contribution >= 4 is 17.8 Å². The molecule has 1 saturated heterocycles. The molecule has 204 valence electrons. The second-order valence-electron chi connectivity index (χ2n) is 10.8. The van der Waals surface area contributed by atoms with E-state index < -0.39 is 18.2 Å². The maximum absolute atomic E-state index is 14.2. The van der Waals surface area contributed by atoms with Gasteiger partial charge >= 0.3 is 17.8 Å². The summed E-state index contributed by atoms with van der Waals surface area (Å²) in [5.74, 6) is -0.808. The zero-order valence-electron chi connectivity index (χ0n) is 22.4. The third-order valence-corrected chi connectivity index (χ3v) is 7.95. The minimum atomic E-state index is -1.50. The second-order valence-corrected chi connectivity index (χ2v) is 10.8. The molecule has 0 radical (unpaired) electrons. The molecule has 3 N–H and O–H groups in total. The van der Waals surface area contributed by atoms with Crippen molar-refractivity contribution in [1.29, 1.82) is 0 Å². The Bertz CT molecular complexity index is 1070. The first-order valence-corrected chi connectivity index (χ1v) is 13.9. The maximum atomic E-state index is 14.2. The van der Waals surface area contributed by atoms with Gasteiger partial charge in [-0.3, -0.25) is 4.79 Å². The highest BCUT2D eigenvalue weighted by Crippen LogP contribution is 2.27. The summed E-state index contributed by atoms with van der Waals surface area (Å²) in [5, 5.41) is 17.3. The summed E-state index contributed by atoms with van der Waals surface area (Å²) >= 11 is 0. The first-order chi connectivity index (χ1) is 18.4. The minimum Gasteiger partial charge on any atom is -0.346 e. The van der Waals surface area contributed by atoms with E-state index in [0.717, 1.165) is 56.1 Å². The molecular weight excluding hydrogens is 480 g/mol. The van der Waals surface area contributed by atoms with Crippen LogP contribution < -0.4 is 10.6 Å². The highest BCUT2D eigenvalue weighted by Gasteiger charge is 2.52. The maximum Gasteiger partial charge on any atom is 0.339 e. The van der Waals surface area contributed by atoms with Crippen LogP contribution in [0.5, 0.6) is 0 Å². The van der Waals surface area contributed by atoms with Crippen molar-refractivity contribution in [3.8, 4) is 0 Å². The number of carbonyl (C=O) groups is 3. The lowest BCUT2D eigenvalue weighted by Gasteiger charge is -2.38. The number of hydrogen-bond donors (Lipinski definition) is 3. The Hall–Kier alpha value is -3.23. The van der Waals surface area contributed by atoms with Crippen LogP contribution in [0.15, 0.2) is 60.7 Å². The number of quaternary nitrogens is 1. The minimum absolute atomic E-state index is 0.0371. The van der Waals surface area contributed by atoms with Gasteiger partial charge in [0.1, 0.15) is 6.04 Å². The molecule has 2 aliphatic rings. The first-order valence-electron chi connectivity index (χ1n) is 13.9. The highest BCUT2D eigenvalue weighted by molar-refractivity contribution is 5.86. The molecule has 2 fully saturated rings. The SMILES string of the molecule is CN(Cc1ccccc1)C(=O)NC(Cc1ccccc1)C(=O)[N+]1(C(O)C(=O)NC2CCCCC2)CCCC1. The molecule has 1 aliphatic carbocycles. The molecule has 38 heavy (non-hydrogen) atoms. The number of rotatable bonds is 9. The summed E-state index contributed by atoms with van der Waals surface area (Å²) < 4.78 is -0.348. The van der Waals surface area contributed by atoms with Gasteiger partial charge < -0.3 is 20.6 Å². The Morgan fingerprint density at radius 2 is 1.47 bits per heavy atom. The van der Waals surface area contributed by atoms with Crippen molar-refractivity contribution < 1.29 is 24.0 Å². The number of hydrogen-bond acceptors (Lipinski definition) is 4. The van der Waals surface area contributed by atoms with Crippen LogP contribution >= 0.6 is 0 Å². The van der Waals surface area contributed by atoms with Crippen molar-refractivity contribution in [3.63, 3.8) is 0 Å². The molecule has 8 nitrogen and oxygen atoms in total. The van der Waals surface area contributed by atoms with E-state index in [4.69, 9.17) is 0 Å². The van der Waals surface area contributed by atoms with E-state index in [1.165, 1.54) is 0 Å². The molecule has 1 aliphatic heterocycles. The summed E-state index contributed by atoms with van der Waals surface area (Å²) in [6.45, 7) is 1.14. The van der Waals surface area contributed by atoms with E-state index in [1.54, 1.807) is 11.9 Å². The molecular formula is C30H41N4O4+. The normalized spacial score (nSPS) is 18.8. The van der Waals surface area contributed by atoms with Gasteiger partial charge in [0, 0.05) is 38.9 Å². The molecule has 2 aromatic carbocycles. The van der Waals surface area contributed by atoms with E-state index in [-0.39, 0.29) is 28.9 Å². The molecule has 0 aromatic heterocycles. The lowest BCUT2D eigenvalue weighted by atomic mass is 9.95. The first kappa shape index (κ1) is 27.8. The van der Waals surface area contributed by atoms with Crippen LogP contribution in [0.2, 0.25) is 0 Å². The average molecular weight is 522 g/mol. The smallest absolute Gasteiger partial charge is 0.339 e. The average Bonchev–Trinajstić information content (AvgIpc) is 3.44. The topological polar surface area (TPSA) is 98.7 Å². The Labute approximate surface area is 225 Å². The third kappa shape index (κ3) is 6.79. The second kappa shape index (κ2) is 13.0. The molecule has 0 bridgehead atoms. The van der Waals surface area contributed by atoms with Gasteiger partial charge in [-0.25, -0.2) is 14.1 Å². The lowest BCUT2D eigenvalue weighted by molar-refractivity contribution is -0.881. The van der Waals surface area contributed by atoms with Gasteiger partial charge in [-0.15, -0.1) is 0 Å². The third-order valence-electron chi connectivity index (χ3n) is 7.95. The van der Waals surface area contributed by atoms with E-state index in [9.17, 15) is 19.5 Å². The molecule has 4 rings (SSSR count). The molecule has 4 amide bonds. The fraction of sp³-hybridized carbons (Fsp3) is 0.500. The van der Waals surface area contributed by atoms with Gasteiger partial charge in [0.15, 0.2) is 0 Å². The molecule has 8 heteroatoms. The van der Waals surface area contributed by atoms with Gasteiger partial charge in [0.2, 0.25) is 0 Å². The van der Waals surface area contributed by atoms with E-state index >= 15 is 0 Å².